The topological polar surface area (TPSA) is 17.8 Å². The summed E-state index contributed by atoms with van der Waals surface area (Å²) in [4.78, 5) is 4.13. The molecule has 0 amide bonds. The van der Waals surface area contributed by atoms with Gasteiger partial charge in [0.2, 0.25) is 0 Å². The highest BCUT2D eigenvalue weighted by atomic mass is 79.9. The van der Waals surface area contributed by atoms with Gasteiger partial charge in [-0.05, 0) is 57.4 Å². The quantitative estimate of drug-likeness (QED) is 0.778. The summed E-state index contributed by atoms with van der Waals surface area (Å²) in [5.41, 5.74) is 4.04. The SMILES string of the molecule is CC(C)Cc1cc(-n2ccnc2)c(Br)cc1C(C)C. The number of hydrogen-bond donors (Lipinski definition) is 0. The van der Waals surface area contributed by atoms with Gasteiger partial charge in [0.05, 0.1) is 12.0 Å². The van der Waals surface area contributed by atoms with Crippen LogP contribution in [0.15, 0.2) is 35.3 Å². The van der Waals surface area contributed by atoms with Gasteiger partial charge in [-0.3, -0.25) is 0 Å². The molecule has 1 aromatic carbocycles. The molecule has 102 valence electrons. The largest absolute Gasteiger partial charge is 0.305 e. The molecule has 0 atom stereocenters. The minimum absolute atomic E-state index is 0.543. The molecule has 0 aliphatic heterocycles. The number of imidazole rings is 1. The Morgan fingerprint density at radius 1 is 1.21 bits per heavy atom. The standard InChI is InChI=1S/C16H21BrN2/c1-11(2)7-13-8-16(19-6-5-18-10-19)15(17)9-14(13)12(3)4/h5-6,8-12H,7H2,1-4H3. The highest BCUT2D eigenvalue weighted by Crippen LogP contribution is 2.31. The van der Waals surface area contributed by atoms with Crippen molar-refractivity contribution in [1.82, 2.24) is 9.55 Å². The summed E-state index contributed by atoms with van der Waals surface area (Å²) in [5.74, 6) is 1.20. The molecule has 3 heteroatoms. The van der Waals surface area contributed by atoms with Gasteiger partial charge in [0.25, 0.3) is 0 Å². The Labute approximate surface area is 124 Å². The van der Waals surface area contributed by atoms with E-state index in [9.17, 15) is 0 Å². The van der Waals surface area contributed by atoms with E-state index in [0.29, 0.717) is 11.8 Å². The summed E-state index contributed by atoms with van der Waals surface area (Å²) >= 11 is 3.69. The highest BCUT2D eigenvalue weighted by molar-refractivity contribution is 9.10. The lowest BCUT2D eigenvalue weighted by atomic mass is 9.91. The number of hydrogen-bond acceptors (Lipinski definition) is 1. The van der Waals surface area contributed by atoms with Crippen molar-refractivity contribution in [3.8, 4) is 5.69 Å². The lowest BCUT2D eigenvalue weighted by Crippen LogP contribution is -2.04. The molecule has 1 heterocycles. The van der Waals surface area contributed by atoms with Crippen LogP contribution in [-0.4, -0.2) is 9.55 Å². The fourth-order valence-corrected chi connectivity index (χ4v) is 2.94. The summed E-state index contributed by atoms with van der Waals surface area (Å²) in [6, 6.07) is 4.55. The van der Waals surface area contributed by atoms with E-state index in [-0.39, 0.29) is 0 Å². The normalized spacial score (nSPS) is 11.5. The van der Waals surface area contributed by atoms with Gasteiger partial charge in [-0.15, -0.1) is 0 Å². The van der Waals surface area contributed by atoms with E-state index in [4.69, 9.17) is 0 Å². The van der Waals surface area contributed by atoms with E-state index in [1.165, 1.54) is 11.1 Å². The van der Waals surface area contributed by atoms with Crippen molar-refractivity contribution in [2.75, 3.05) is 0 Å². The molecule has 2 aromatic rings. The molecule has 2 rings (SSSR count). The van der Waals surface area contributed by atoms with Crippen LogP contribution < -0.4 is 0 Å². The van der Waals surface area contributed by atoms with Crippen molar-refractivity contribution >= 4 is 15.9 Å². The molecule has 0 spiro atoms. The Bertz CT molecular complexity index is 542. The van der Waals surface area contributed by atoms with Crippen LogP contribution in [0.5, 0.6) is 0 Å². The average Bonchev–Trinajstić information content (AvgIpc) is 2.83. The average molecular weight is 321 g/mol. The predicted molar refractivity (Wildman–Crippen MR) is 83.9 cm³/mol. The Kier molecular flexibility index (Phi) is 4.46. The van der Waals surface area contributed by atoms with E-state index in [2.05, 4.69) is 65.3 Å². The van der Waals surface area contributed by atoms with Gasteiger partial charge >= 0.3 is 0 Å². The molecule has 0 radical (unpaired) electrons. The van der Waals surface area contributed by atoms with Crippen LogP contribution in [0.25, 0.3) is 5.69 Å². The second kappa shape index (κ2) is 5.91. The summed E-state index contributed by atoms with van der Waals surface area (Å²) in [5, 5.41) is 0. The van der Waals surface area contributed by atoms with Gasteiger partial charge in [-0.25, -0.2) is 4.98 Å². The molecule has 0 N–H and O–H groups in total. The smallest absolute Gasteiger partial charge is 0.0992 e. The zero-order valence-electron chi connectivity index (χ0n) is 12.0. The first-order valence-electron chi connectivity index (χ1n) is 6.79. The third-order valence-corrected chi connectivity index (χ3v) is 3.88. The number of rotatable bonds is 4. The van der Waals surface area contributed by atoms with Crippen LogP contribution in [0.4, 0.5) is 0 Å². The molecule has 0 fully saturated rings. The molecule has 0 saturated heterocycles. The van der Waals surface area contributed by atoms with Crippen LogP contribution >= 0.6 is 15.9 Å². The minimum Gasteiger partial charge on any atom is -0.305 e. The van der Waals surface area contributed by atoms with Crippen molar-refractivity contribution in [3.05, 3.63) is 46.5 Å². The maximum Gasteiger partial charge on any atom is 0.0992 e. The molecule has 0 saturated carbocycles. The Morgan fingerprint density at radius 3 is 2.47 bits per heavy atom. The van der Waals surface area contributed by atoms with E-state index in [1.54, 1.807) is 0 Å². The summed E-state index contributed by atoms with van der Waals surface area (Å²) < 4.78 is 3.18. The highest BCUT2D eigenvalue weighted by Gasteiger charge is 2.13. The zero-order valence-corrected chi connectivity index (χ0v) is 13.6. The van der Waals surface area contributed by atoms with E-state index in [1.807, 2.05) is 18.7 Å². The molecule has 2 nitrogen and oxygen atoms in total. The number of benzene rings is 1. The van der Waals surface area contributed by atoms with Gasteiger partial charge in [-0.2, -0.15) is 0 Å². The van der Waals surface area contributed by atoms with Gasteiger partial charge < -0.3 is 4.57 Å². The Balaban J connectivity index is 2.53. The first-order valence-corrected chi connectivity index (χ1v) is 7.59. The monoisotopic (exact) mass is 320 g/mol. The van der Waals surface area contributed by atoms with E-state index < -0.39 is 0 Å². The van der Waals surface area contributed by atoms with Crippen LogP contribution in [-0.2, 0) is 6.42 Å². The number of aromatic nitrogens is 2. The van der Waals surface area contributed by atoms with Crippen molar-refractivity contribution < 1.29 is 0 Å². The predicted octanol–water partition coefficient (Wildman–Crippen LogP) is 4.96. The fourth-order valence-electron chi connectivity index (χ4n) is 2.37. The Morgan fingerprint density at radius 2 is 1.95 bits per heavy atom. The molecule has 0 aliphatic rings. The zero-order chi connectivity index (χ0) is 14.0. The van der Waals surface area contributed by atoms with E-state index in [0.717, 1.165) is 16.6 Å². The van der Waals surface area contributed by atoms with Crippen molar-refractivity contribution in [2.24, 2.45) is 5.92 Å². The first-order chi connectivity index (χ1) is 8.99. The fraction of sp³-hybridized carbons (Fsp3) is 0.438. The van der Waals surface area contributed by atoms with Crippen molar-refractivity contribution in [2.45, 2.75) is 40.0 Å². The Hall–Kier alpha value is -1.09. The van der Waals surface area contributed by atoms with E-state index >= 15 is 0 Å². The van der Waals surface area contributed by atoms with Crippen molar-refractivity contribution in [1.29, 1.82) is 0 Å². The van der Waals surface area contributed by atoms with Gasteiger partial charge in [0.1, 0.15) is 0 Å². The minimum atomic E-state index is 0.543. The molecule has 19 heavy (non-hydrogen) atoms. The van der Waals surface area contributed by atoms with Crippen LogP contribution in [0, 0.1) is 5.92 Å². The van der Waals surface area contributed by atoms with Crippen LogP contribution in [0.1, 0.15) is 44.7 Å². The molecular formula is C16H21BrN2. The molecule has 1 aromatic heterocycles. The lowest BCUT2D eigenvalue weighted by Gasteiger charge is -2.18. The number of halogens is 1. The number of nitrogens with zero attached hydrogens (tertiary/aromatic N) is 2. The van der Waals surface area contributed by atoms with Gasteiger partial charge in [0.15, 0.2) is 0 Å². The maximum absolute atomic E-state index is 4.13. The second-order valence-electron chi connectivity index (χ2n) is 5.73. The van der Waals surface area contributed by atoms with Gasteiger partial charge in [0, 0.05) is 16.9 Å². The van der Waals surface area contributed by atoms with Crippen molar-refractivity contribution in [3.63, 3.8) is 0 Å². The summed E-state index contributed by atoms with van der Waals surface area (Å²) in [7, 11) is 0. The molecule has 0 bridgehead atoms. The van der Waals surface area contributed by atoms with Crippen LogP contribution in [0.3, 0.4) is 0 Å². The molecule has 0 unspecified atom stereocenters. The lowest BCUT2D eigenvalue weighted by molar-refractivity contribution is 0.638. The third kappa shape index (κ3) is 3.27. The van der Waals surface area contributed by atoms with Gasteiger partial charge in [-0.1, -0.05) is 27.7 Å². The first kappa shape index (κ1) is 14.3. The third-order valence-electron chi connectivity index (χ3n) is 3.24. The summed E-state index contributed by atoms with van der Waals surface area (Å²) in [6.45, 7) is 9.04. The maximum atomic E-state index is 4.13. The van der Waals surface area contributed by atoms with Crippen LogP contribution in [0.2, 0.25) is 0 Å². The molecular weight excluding hydrogens is 300 g/mol. The molecule has 0 aliphatic carbocycles. The second-order valence-corrected chi connectivity index (χ2v) is 6.58. The summed E-state index contributed by atoms with van der Waals surface area (Å²) in [6.07, 6.45) is 6.75.